The van der Waals surface area contributed by atoms with E-state index < -0.39 is 0 Å². The van der Waals surface area contributed by atoms with Gasteiger partial charge in [-0.15, -0.1) is 0 Å². The molecule has 3 nitrogen and oxygen atoms in total. The quantitative estimate of drug-likeness (QED) is 0.797. The van der Waals surface area contributed by atoms with Crippen LogP contribution in [0.2, 0.25) is 0 Å². The fourth-order valence-electron chi connectivity index (χ4n) is 0.857. The van der Waals surface area contributed by atoms with Crippen molar-refractivity contribution in [3.63, 3.8) is 0 Å². The molecular weight excluding hydrogens is 232 g/mol. The van der Waals surface area contributed by atoms with Gasteiger partial charge in [0.2, 0.25) is 0 Å². The minimum atomic E-state index is 0.177. The van der Waals surface area contributed by atoms with Crippen molar-refractivity contribution in [1.82, 2.24) is 4.98 Å². The number of pyridine rings is 1. The second-order valence-corrected chi connectivity index (χ2v) is 3.33. The van der Waals surface area contributed by atoms with E-state index in [-0.39, 0.29) is 5.75 Å². The van der Waals surface area contributed by atoms with E-state index in [2.05, 4.69) is 20.9 Å². The first-order valence-corrected chi connectivity index (χ1v) is 4.75. The van der Waals surface area contributed by atoms with Gasteiger partial charge in [-0.2, -0.15) is 0 Å². The molecule has 0 saturated carbocycles. The molecule has 3 N–H and O–H groups in total. The van der Waals surface area contributed by atoms with E-state index in [1.165, 1.54) is 0 Å². The lowest BCUT2D eigenvalue weighted by Gasteiger charge is -1.97. The van der Waals surface area contributed by atoms with E-state index in [0.29, 0.717) is 16.8 Å². The Morgan fingerprint density at radius 3 is 3.00 bits per heavy atom. The predicted molar refractivity (Wildman–Crippen MR) is 56.3 cm³/mol. The fourth-order valence-corrected chi connectivity index (χ4v) is 1.18. The minimum Gasteiger partial charge on any atom is -0.506 e. The normalized spacial score (nSPS) is 10.9. The zero-order chi connectivity index (χ0) is 9.68. The summed E-state index contributed by atoms with van der Waals surface area (Å²) in [5.41, 5.74) is 5.88. The summed E-state index contributed by atoms with van der Waals surface area (Å²) in [5, 5.41) is 9.37. The van der Waals surface area contributed by atoms with Gasteiger partial charge in [-0.25, -0.2) is 4.98 Å². The maximum absolute atomic E-state index is 9.37. The van der Waals surface area contributed by atoms with E-state index >= 15 is 0 Å². The molecular formula is C9H11BrN2O. The second kappa shape index (κ2) is 4.99. The van der Waals surface area contributed by atoms with Crippen molar-refractivity contribution in [2.75, 3.05) is 6.54 Å². The van der Waals surface area contributed by atoms with Gasteiger partial charge >= 0.3 is 0 Å². The van der Waals surface area contributed by atoms with Crippen LogP contribution in [0.1, 0.15) is 12.1 Å². The lowest BCUT2D eigenvalue weighted by Crippen LogP contribution is -1.95. The topological polar surface area (TPSA) is 59.1 Å². The van der Waals surface area contributed by atoms with Gasteiger partial charge in [-0.3, -0.25) is 0 Å². The zero-order valence-corrected chi connectivity index (χ0v) is 8.66. The summed E-state index contributed by atoms with van der Waals surface area (Å²) in [6.45, 7) is 0.602. The Labute approximate surface area is 85.4 Å². The van der Waals surface area contributed by atoms with Crippen LogP contribution in [0.15, 0.2) is 22.8 Å². The highest BCUT2D eigenvalue weighted by molar-refractivity contribution is 9.10. The number of nitrogens with zero attached hydrogens (tertiary/aromatic N) is 1. The molecule has 0 saturated heterocycles. The van der Waals surface area contributed by atoms with Gasteiger partial charge in [0.15, 0.2) is 0 Å². The largest absolute Gasteiger partial charge is 0.506 e. The number of rotatable bonds is 3. The SMILES string of the molecule is NCCC=Cc1nc(Br)ccc1O. The zero-order valence-electron chi connectivity index (χ0n) is 7.07. The highest BCUT2D eigenvalue weighted by atomic mass is 79.9. The summed E-state index contributed by atoms with van der Waals surface area (Å²) in [6.07, 6.45) is 4.43. The van der Waals surface area contributed by atoms with Gasteiger partial charge in [0.05, 0.1) is 0 Å². The molecule has 0 spiro atoms. The number of aromatic nitrogens is 1. The second-order valence-electron chi connectivity index (χ2n) is 2.52. The molecule has 0 aliphatic carbocycles. The number of halogens is 1. The first kappa shape index (κ1) is 10.2. The van der Waals surface area contributed by atoms with E-state index in [9.17, 15) is 5.11 Å². The number of hydrogen-bond donors (Lipinski definition) is 2. The van der Waals surface area contributed by atoms with Crippen LogP contribution in [0.4, 0.5) is 0 Å². The van der Waals surface area contributed by atoms with Gasteiger partial charge in [-0.05, 0) is 47.1 Å². The van der Waals surface area contributed by atoms with Crippen molar-refractivity contribution in [3.8, 4) is 5.75 Å². The van der Waals surface area contributed by atoms with Crippen LogP contribution >= 0.6 is 15.9 Å². The van der Waals surface area contributed by atoms with Crippen molar-refractivity contribution in [3.05, 3.63) is 28.5 Å². The number of hydrogen-bond acceptors (Lipinski definition) is 3. The van der Waals surface area contributed by atoms with E-state index in [1.54, 1.807) is 18.2 Å². The lowest BCUT2D eigenvalue weighted by molar-refractivity contribution is 0.471. The molecule has 0 fully saturated rings. The summed E-state index contributed by atoms with van der Waals surface area (Å²) < 4.78 is 0.706. The van der Waals surface area contributed by atoms with Crippen molar-refractivity contribution in [2.45, 2.75) is 6.42 Å². The molecule has 70 valence electrons. The fraction of sp³-hybridized carbons (Fsp3) is 0.222. The predicted octanol–water partition coefficient (Wildman–Crippen LogP) is 1.91. The molecule has 4 heteroatoms. The van der Waals surface area contributed by atoms with Crippen LogP contribution in [0, 0.1) is 0 Å². The van der Waals surface area contributed by atoms with Gasteiger partial charge < -0.3 is 10.8 Å². The van der Waals surface area contributed by atoms with Crippen molar-refractivity contribution < 1.29 is 5.11 Å². The Morgan fingerprint density at radius 2 is 2.31 bits per heavy atom. The highest BCUT2D eigenvalue weighted by Gasteiger charge is 1.98. The first-order valence-electron chi connectivity index (χ1n) is 3.96. The van der Waals surface area contributed by atoms with Gasteiger partial charge in [0.1, 0.15) is 16.0 Å². The third-order valence-electron chi connectivity index (χ3n) is 1.48. The molecule has 0 aliphatic rings. The van der Waals surface area contributed by atoms with E-state index in [0.717, 1.165) is 6.42 Å². The molecule has 0 aliphatic heterocycles. The molecule has 0 bridgehead atoms. The standard InChI is InChI=1S/C9H11BrN2O/c10-9-5-4-8(13)7(12-9)3-1-2-6-11/h1,3-5,13H,2,6,11H2. The van der Waals surface area contributed by atoms with Crippen molar-refractivity contribution >= 4 is 22.0 Å². The molecule has 0 amide bonds. The number of aromatic hydroxyl groups is 1. The Hall–Kier alpha value is -0.870. The summed E-state index contributed by atoms with van der Waals surface area (Å²) >= 11 is 3.22. The number of nitrogens with two attached hydrogens (primary N) is 1. The van der Waals surface area contributed by atoms with Crippen LogP contribution < -0.4 is 5.73 Å². The monoisotopic (exact) mass is 242 g/mol. The van der Waals surface area contributed by atoms with Crippen LogP contribution in [0.5, 0.6) is 5.75 Å². The average molecular weight is 243 g/mol. The highest BCUT2D eigenvalue weighted by Crippen LogP contribution is 2.18. The molecule has 1 heterocycles. The van der Waals surface area contributed by atoms with Crippen LogP contribution in [0.25, 0.3) is 6.08 Å². The maximum Gasteiger partial charge on any atom is 0.141 e. The van der Waals surface area contributed by atoms with Gasteiger partial charge in [0.25, 0.3) is 0 Å². The van der Waals surface area contributed by atoms with E-state index in [4.69, 9.17) is 5.73 Å². The molecule has 0 unspecified atom stereocenters. The molecule has 0 atom stereocenters. The van der Waals surface area contributed by atoms with Gasteiger partial charge in [0, 0.05) is 0 Å². The summed E-state index contributed by atoms with van der Waals surface area (Å²) in [7, 11) is 0. The minimum absolute atomic E-state index is 0.177. The molecule has 13 heavy (non-hydrogen) atoms. The molecule has 0 radical (unpaired) electrons. The Bertz CT molecular complexity index is 312. The Morgan fingerprint density at radius 1 is 1.54 bits per heavy atom. The average Bonchev–Trinajstić information content (AvgIpc) is 2.11. The van der Waals surface area contributed by atoms with Gasteiger partial charge in [-0.1, -0.05) is 6.08 Å². The molecule has 1 aromatic rings. The van der Waals surface area contributed by atoms with E-state index in [1.807, 2.05) is 6.08 Å². The van der Waals surface area contributed by atoms with Crippen molar-refractivity contribution in [1.29, 1.82) is 0 Å². The Balaban J connectivity index is 2.81. The van der Waals surface area contributed by atoms with Crippen LogP contribution in [0.3, 0.4) is 0 Å². The summed E-state index contributed by atoms with van der Waals surface area (Å²) in [5.74, 6) is 0.177. The smallest absolute Gasteiger partial charge is 0.141 e. The molecule has 1 aromatic heterocycles. The third kappa shape index (κ3) is 3.16. The van der Waals surface area contributed by atoms with Crippen LogP contribution in [-0.2, 0) is 0 Å². The molecule has 1 rings (SSSR count). The Kier molecular flexibility index (Phi) is 3.92. The summed E-state index contributed by atoms with van der Waals surface area (Å²) in [6, 6.07) is 3.29. The third-order valence-corrected chi connectivity index (χ3v) is 1.92. The maximum atomic E-state index is 9.37. The van der Waals surface area contributed by atoms with Crippen LogP contribution in [-0.4, -0.2) is 16.6 Å². The summed E-state index contributed by atoms with van der Waals surface area (Å²) in [4.78, 5) is 4.08. The lowest BCUT2D eigenvalue weighted by atomic mass is 10.3. The van der Waals surface area contributed by atoms with Crippen molar-refractivity contribution in [2.24, 2.45) is 5.73 Å². The first-order chi connectivity index (χ1) is 6.24. The molecule has 0 aromatic carbocycles.